The van der Waals surface area contributed by atoms with E-state index in [1.54, 1.807) is 24.3 Å². The van der Waals surface area contributed by atoms with Crippen LogP contribution < -0.4 is 4.74 Å². The minimum absolute atomic E-state index is 0.0224. The maximum absolute atomic E-state index is 11.8. The fourth-order valence-corrected chi connectivity index (χ4v) is 1.60. The van der Waals surface area contributed by atoms with Crippen molar-refractivity contribution in [1.82, 2.24) is 0 Å². The van der Waals surface area contributed by atoms with Gasteiger partial charge in [0.05, 0.1) is 19.8 Å². The number of aliphatic hydroxyl groups is 1. The first kappa shape index (κ1) is 15.7. The number of carbonyl (C=O) groups excluding carboxylic acids is 1. The Balaban J connectivity index is 2.32. The first-order chi connectivity index (χ1) is 9.27. The molecule has 0 saturated heterocycles. The smallest absolute Gasteiger partial charge is 0.162 e. The van der Waals surface area contributed by atoms with Crippen molar-refractivity contribution in [3.05, 3.63) is 29.8 Å². The largest absolute Gasteiger partial charge is 0.491 e. The maximum atomic E-state index is 11.8. The van der Waals surface area contributed by atoms with E-state index < -0.39 is 0 Å². The average Bonchev–Trinajstić information content (AvgIpc) is 2.45. The van der Waals surface area contributed by atoms with Crippen LogP contribution in [0.15, 0.2) is 24.3 Å². The Hall–Kier alpha value is -1.39. The highest BCUT2D eigenvalue weighted by Crippen LogP contribution is 2.14. The van der Waals surface area contributed by atoms with Crippen molar-refractivity contribution in [2.75, 3.05) is 26.4 Å². The summed E-state index contributed by atoms with van der Waals surface area (Å²) in [7, 11) is 0. The van der Waals surface area contributed by atoms with Gasteiger partial charge in [-0.05, 0) is 30.7 Å². The summed E-state index contributed by atoms with van der Waals surface area (Å²) >= 11 is 0. The summed E-state index contributed by atoms with van der Waals surface area (Å²) in [5, 5.41) is 8.53. The van der Waals surface area contributed by atoms with E-state index in [0.29, 0.717) is 26.2 Å². The highest BCUT2D eigenvalue weighted by molar-refractivity contribution is 5.96. The number of ether oxygens (including phenoxy) is 2. The van der Waals surface area contributed by atoms with Gasteiger partial charge in [0.1, 0.15) is 12.4 Å². The van der Waals surface area contributed by atoms with Gasteiger partial charge in [0.25, 0.3) is 0 Å². The number of ketones is 1. The number of aliphatic hydroxyl groups excluding tert-OH is 1. The third-order valence-electron chi connectivity index (χ3n) is 2.67. The van der Waals surface area contributed by atoms with Crippen LogP contribution in [0, 0.1) is 0 Å². The molecule has 0 fully saturated rings. The molecule has 0 spiro atoms. The summed E-state index contributed by atoms with van der Waals surface area (Å²) in [6.45, 7) is 3.30. The molecule has 19 heavy (non-hydrogen) atoms. The van der Waals surface area contributed by atoms with E-state index >= 15 is 0 Å². The summed E-state index contributed by atoms with van der Waals surface area (Å²) < 4.78 is 10.5. The van der Waals surface area contributed by atoms with Crippen molar-refractivity contribution in [2.24, 2.45) is 0 Å². The SMILES string of the molecule is CCCCC(=O)c1ccc(OCCOCCO)cc1. The molecule has 0 aromatic heterocycles. The minimum atomic E-state index is 0.0224. The lowest BCUT2D eigenvalue weighted by Crippen LogP contribution is -2.09. The molecule has 0 radical (unpaired) electrons. The van der Waals surface area contributed by atoms with E-state index in [9.17, 15) is 4.79 Å². The van der Waals surface area contributed by atoms with Crippen LogP contribution in [0.1, 0.15) is 36.5 Å². The second-order valence-electron chi connectivity index (χ2n) is 4.24. The summed E-state index contributed by atoms with van der Waals surface area (Å²) in [5.74, 6) is 0.902. The highest BCUT2D eigenvalue weighted by Gasteiger charge is 2.05. The molecule has 0 amide bonds. The van der Waals surface area contributed by atoms with Gasteiger partial charge in [-0.1, -0.05) is 13.3 Å². The second kappa shape index (κ2) is 9.53. The van der Waals surface area contributed by atoms with Gasteiger partial charge in [-0.3, -0.25) is 4.79 Å². The Kier molecular flexibility index (Phi) is 7.86. The number of unbranched alkanes of at least 4 members (excludes halogenated alkanes) is 1. The number of carbonyl (C=O) groups is 1. The van der Waals surface area contributed by atoms with Gasteiger partial charge in [0.2, 0.25) is 0 Å². The van der Waals surface area contributed by atoms with Crippen LogP contribution in [-0.4, -0.2) is 37.3 Å². The lowest BCUT2D eigenvalue weighted by molar-refractivity contribution is 0.0705. The normalized spacial score (nSPS) is 10.4. The number of benzene rings is 1. The fourth-order valence-electron chi connectivity index (χ4n) is 1.60. The molecule has 0 aliphatic heterocycles. The molecule has 4 nitrogen and oxygen atoms in total. The first-order valence-electron chi connectivity index (χ1n) is 6.72. The molecular formula is C15H22O4. The van der Waals surface area contributed by atoms with Crippen LogP contribution in [-0.2, 0) is 4.74 Å². The van der Waals surface area contributed by atoms with Crippen LogP contribution in [0.25, 0.3) is 0 Å². The van der Waals surface area contributed by atoms with E-state index in [-0.39, 0.29) is 12.4 Å². The van der Waals surface area contributed by atoms with Crippen LogP contribution in [0.5, 0.6) is 5.75 Å². The number of hydrogen-bond acceptors (Lipinski definition) is 4. The van der Waals surface area contributed by atoms with Crippen molar-refractivity contribution in [2.45, 2.75) is 26.2 Å². The molecule has 1 N–H and O–H groups in total. The van der Waals surface area contributed by atoms with Crippen molar-refractivity contribution >= 4 is 5.78 Å². The van der Waals surface area contributed by atoms with Gasteiger partial charge in [0, 0.05) is 12.0 Å². The van der Waals surface area contributed by atoms with E-state index in [1.165, 1.54) is 0 Å². The minimum Gasteiger partial charge on any atom is -0.491 e. The highest BCUT2D eigenvalue weighted by atomic mass is 16.5. The van der Waals surface area contributed by atoms with Crippen molar-refractivity contribution in [3.63, 3.8) is 0 Å². The zero-order chi connectivity index (χ0) is 13.9. The summed E-state index contributed by atoms with van der Waals surface area (Å²) in [4.78, 5) is 11.8. The molecule has 106 valence electrons. The molecule has 1 aromatic rings. The Morgan fingerprint density at radius 2 is 1.89 bits per heavy atom. The van der Waals surface area contributed by atoms with Gasteiger partial charge < -0.3 is 14.6 Å². The Morgan fingerprint density at radius 1 is 1.16 bits per heavy atom. The third-order valence-corrected chi connectivity index (χ3v) is 2.67. The first-order valence-corrected chi connectivity index (χ1v) is 6.72. The van der Waals surface area contributed by atoms with E-state index in [1.807, 2.05) is 0 Å². The van der Waals surface area contributed by atoms with Crippen LogP contribution in [0.2, 0.25) is 0 Å². The number of hydrogen-bond donors (Lipinski definition) is 1. The van der Waals surface area contributed by atoms with Gasteiger partial charge >= 0.3 is 0 Å². The van der Waals surface area contributed by atoms with E-state index in [4.69, 9.17) is 14.6 Å². The van der Waals surface area contributed by atoms with Gasteiger partial charge in [-0.15, -0.1) is 0 Å². The van der Waals surface area contributed by atoms with Crippen LogP contribution in [0.4, 0.5) is 0 Å². The standard InChI is InChI=1S/C15H22O4/c1-2-3-4-15(17)13-5-7-14(8-6-13)19-12-11-18-10-9-16/h5-8,16H,2-4,9-12H2,1H3. The predicted octanol–water partition coefficient (Wildman–Crippen LogP) is 2.45. The molecule has 0 atom stereocenters. The molecule has 1 aromatic carbocycles. The number of rotatable bonds is 10. The topological polar surface area (TPSA) is 55.8 Å². The number of Topliss-reactive ketones (excluding diaryl/α,β-unsaturated/α-hetero) is 1. The quantitative estimate of drug-likeness (QED) is 0.522. The Labute approximate surface area is 114 Å². The van der Waals surface area contributed by atoms with Crippen molar-refractivity contribution < 1.29 is 19.4 Å². The lowest BCUT2D eigenvalue weighted by atomic mass is 10.1. The van der Waals surface area contributed by atoms with Gasteiger partial charge in [0.15, 0.2) is 5.78 Å². The average molecular weight is 266 g/mol. The molecule has 0 bridgehead atoms. The zero-order valence-corrected chi connectivity index (χ0v) is 11.4. The Bertz CT molecular complexity index is 359. The monoisotopic (exact) mass is 266 g/mol. The van der Waals surface area contributed by atoms with Gasteiger partial charge in [-0.25, -0.2) is 0 Å². The maximum Gasteiger partial charge on any atom is 0.162 e. The zero-order valence-electron chi connectivity index (χ0n) is 11.4. The van der Waals surface area contributed by atoms with E-state index in [2.05, 4.69) is 6.92 Å². The molecule has 0 heterocycles. The molecule has 0 aliphatic rings. The molecule has 0 saturated carbocycles. The fraction of sp³-hybridized carbons (Fsp3) is 0.533. The predicted molar refractivity (Wildman–Crippen MR) is 73.7 cm³/mol. The van der Waals surface area contributed by atoms with Crippen LogP contribution in [0.3, 0.4) is 0 Å². The van der Waals surface area contributed by atoms with Crippen molar-refractivity contribution in [1.29, 1.82) is 0 Å². The second-order valence-corrected chi connectivity index (χ2v) is 4.24. The molecule has 0 aliphatic carbocycles. The molecule has 1 rings (SSSR count). The summed E-state index contributed by atoms with van der Waals surface area (Å²) in [6, 6.07) is 7.18. The summed E-state index contributed by atoms with van der Waals surface area (Å²) in [6.07, 6.45) is 2.56. The molecular weight excluding hydrogens is 244 g/mol. The summed E-state index contributed by atoms with van der Waals surface area (Å²) in [5.41, 5.74) is 0.734. The Morgan fingerprint density at radius 3 is 2.53 bits per heavy atom. The molecule has 0 unspecified atom stereocenters. The lowest BCUT2D eigenvalue weighted by Gasteiger charge is -2.07. The van der Waals surface area contributed by atoms with Crippen LogP contribution >= 0.6 is 0 Å². The van der Waals surface area contributed by atoms with Gasteiger partial charge in [-0.2, -0.15) is 0 Å². The third kappa shape index (κ3) is 6.36. The van der Waals surface area contributed by atoms with Crippen molar-refractivity contribution in [3.8, 4) is 5.75 Å². The molecule has 4 heteroatoms. The van der Waals surface area contributed by atoms with E-state index in [0.717, 1.165) is 24.2 Å².